The highest BCUT2D eigenvalue weighted by Crippen LogP contribution is 2.34. The number of aryl methyl sites for hydroxylation is 2. The molecule has 0 spiro atoms. The lowest BCUT2D eigenvalue weighted by atomic mass is 10.1. The molecule has 7 heteroatoms. The van der Waals surface area contributed by atoms with E-state index in [1.807, 2.05) is 53.5 Å². The summed E-state index contributed by atoms with van der Waals surface area (Å²) in [4.78, 5) is 15.1. The number of amides is 1. The van der Waals surface area contributed by atoms with E-state index in [-0.39, 0.29) is 12.5 Å². The van der Waals surface area contributed by atoms with Gasteiger partial charge in [0.05, 0.1) is 24.5 Å². The molecule has 6 rings (SSSR count). The minimum Gasteiger partial charge on any atom is -0.485 e. The molecule has 0 N–H and O–H groups in total. The van der Waals surface area contributed by atoms with Crippen molar-refractivity contribution in [2.45, 2.75) is 33.0 Å². The van der Waals surface area contributed by atoms with E-state index in [2.05, 4.69) is 36.6 Å². The molecule has 1 unspecified atom stereocenters. The predicted octanol–water partition coefficient (Wildman–Crippen LogP) is 3.96. The molecular formula is C26H24N4O3. The summed E-state index contributed by atoms with van der Waals surface area (Å²) in [6.07, 6.45) is 3.36. The Morgan fingerprint density at radius 1 is 1.00 bits per heavy atom. The SMILES string of the molecule is Cc1ccc(-n2nc3c(c2-n2cccc2)CN(C(=O)C2COc4ccccc4O2)C3)c(C)c1. The van der Waals surface area contributed by atoms with E-state index in [1.165, 1.54) is 5.56 Å². The molecule has 1 amide bonds. The van der Waals surface area contributed by atoms with Crippen LogP contribution in [0.2, 0.25) is 0 Å². The topological polar surface area (TPSA) is 61.5 Å². The maximum absolute atomic E-state index is 13.3. The molecule has 2 aliphatic rings. The minimum absolute atomic E-state index is 0.0842. The third-order valence-electron chi connectivity index (χ3n) is 6.25. The van der Waals surface area contributed by atoms with Crippen molar-refractivity contribution in [1.29, 1.82) is 0 Å². The number of carbonyl (C=O) groups is 1. The van der Waals surface area contributed by atoms with E-state index < -0.39 is 6.10 Å². The van der Waals surface area contributed by atoms with Crippen molar-refractivity contribution in [2.24, 2.45) is 0 Å². The fourth-order valence-electron chi connectivity index (χ4n) is 4.65. The zero-order valence-corrected chi connectivity index (χ0v) is 18.6. The van der Waals surface area contributed by atoms with Gasteiger partial charge in [-0.2, -0.15) is 5.10 Å². The number of ether oxygens (including phenoxy) is 2. The normalized spacial score (nSPS) is 16.7. The Balaban J connectivity index is 1.32. The van der Waals surface area contributed by atoms with Crippen LogP contribution in [-0.2, 0) is 17.9 Å². The van der Waals surface area contributed by atoms with Crippen LogP contribution in [0.4, 0.5) is 0 Å². The lowest BCUT2D eigenvalue weighted by molar-refractivity contribution is -0.141. The lowest BCUT2D eigenvalue weighted by Gasteiger charge is -2.28. The second-order valence-electron chi connectivity index (χ2n) is 8.60. The summed E-state index contributed by atoms with van der Waals surface area (Å²) >= 11 is 0. The van der Waals surface area contributed by atoms with Gasteiger partial charge in [0.2, 0.25) is 6.10 Å². The Bertz CT molecular complexity index is 1360. The summed E-state index contributed by atoms with van der Waals surface area (Å²) in [5, 5.41) is 4.95. The number of carbonyl (C=O) groups excluding carboxylic acids is 1. The van der Waals surface area contributed by atoms with Crippen LogP contribution >= 0.6 is 0 Å². The molecule has 2 aromatic heterocycles. The standard InChI is InChI=1S/C26H24N4O3/c1-17-9-10-21(18(2)13-17)30-25(28-11-5-6-12-28)19-14-29(15-20(19)27-30)26(31)24-16-32-22-7-3-4-8-23(22)33-24/h3-13,24H,14-16H2,1-2H3. The molecule has 0 fully saturated rings. The summed E-state index contributed by atoms with van der Waals surface area (Å²) < 4.78 is 15.8. The third kappa shape index (κ3) is 3.28. The molecule has 1 atom stereocenters. The molecule has 4 heterocycles. The zero-order chi connectivity index (χ0) is 22.5. The molecular weight excluding hydrogens is 416 g/mol. The summed E-state index contributed by atoms with van der Waals surface area (Å²) in [5.41, 5.74) is 5.37. The second-order valence-corrected chi connectivity index (χ2v) is 8.60. The van der Waals surface area contributed by atoms with Crippen LogP contribution in [0.3, 0.4) is 0 Å². The van der Waals surface area contributed by atoms with E-state index in [0.29, 0.717) is 24.6 Å². The van der Waals surface area contributed by atoms with E-state index >= 15 is 0 Å². The van der Waals surface area contributed by atoms with Gasteiger partial charge in [-0.25, -0.2) is 4.68 Å². The quantitative estimate of drug-likeness (QED) is 0.484. The number of nitrogens with zero attached hydrogens (tertiary/aromatic N) is 4. The summed E-state index contributed by atoms with van der Waals surface area (Å²) in [6.45, 7) is 5.32. The van der Waals surface area contributed by atoms with Crippen molar-refractivity contribution < 1.29 is 14.3 Å². The minimum atomic E-state index is -0.662. The molecule has 33 heavy (non-hydrogen) atoms. The van der Waals surface area contributed by atoms with Crippen molar-refractivity contribution in [2.75, 3.05) is 6.61 Å². The molecule has 0 aliphatic carbocycles. The van der Waals surface area contributed by atoms with Crippen LogP contribution in [0.5, 0.6) is 11.5 Å². The molecule has 0 saturated carbocycles. The van der Waals surface area contributed by atoms with E-state index in [9.17, 15) is 4.79 Å². The van der Waals surface area contributed by atoms with Gasteiger partial charge in [-0.1, -0.05) is 29.8 Å². The van der Waals surface area contributed by atoms with E-state index in [4.69, 9.17) is 14.6 Å². The zero-order valence-electron chi connectivity index (χ0n) is 18.6. The number of hydrogen-bond donors (Lipinski definition) is 0. The fraction of sp³-hybridized carbons (Fsp3) is 0.231. The Labute approximate surface area is 191 Å². The number of hydrogen-bond acceptors (Lipinski definition) is 4. The van der Waals surface area contributed by atoms with E-state index in [0.717, 1.165) is 28.3 Å². The smallest absolute Gasteiger partial charge is 0.267 e. The highest BCUT2D eigenvalue weighted by Gasteiger charge is 2.37. The number of aromatic nitrogens is 3. The maximum Gasteiger partial charge on any atom is 0.267 e. The first-order valence-electron chi connectivity index (χ1n) is 11.1. The number of benzene rings is 2. The fourth-order valence-corrected chi connectivity index (χ4v) is 4.65. The number of fused-ring (bicyclic) bond motifs is 2. The first-order chi connectivity index (χ1) is 16.1. The summed E-state index contributed by atoms with van der Waals surface area (Å²) in [5.74, 6) is 2.15. The van der Waals surface area contributed by atoms with Gasteiger partial charge in [0, 0.05) is 18.0 Å². The van der Waals surface area contributed by atoms with Gasteiger partial charge in [-0.3, -0.25) is 4.79 Å². The number of para-hydroxylation sites is 2. The molecule has 0 bridgehead atoms. The Morgan fingerprint density at radius 3 is 2.58 bits per heavy atom. The van der Waals surface area contributed by atoms with Gasteiger partial charge in [0.15, 0.2) is 11.5 Å². The van der Waals surface area contributed by atoms with Crippen molar-refractivity contribution in [3.8, 4) is 23.0 Å². The van der Waals surface area contributed by atoms with Crippen molar-refractivity contribution >= 4 is 5.91 Å². The summed E-state index contributed by atoms with van der Waals surface area (Å²) in [7, 11) is 0. The molecule has 7 nitrogen and oxygen atoms in total. The first kappa shape index (κ1) is 19.7. The van der Waals surface area contributed by atoms with Gasteiger partial charge in [0.25, 0.3) is 5.91 Å². The van der Waals surface area contributed by atoms with Crippen LogP contribution in [0, 0.1) is 13.8 Å². The second kappa shape index (κ2) is 7.55. The van der Waals surface area contributed by atoms with E-state index in [1.54, 1.807) is 4.90 Å². The van der Waals surface area contributed by atoms with Gasteiger partial charge >= 0.3 is 0 Å². The monoisotopic (exact) mass is 440 g/mol. The van der Waals surface area contributed by atoms with Crippen LogP contribution < -0.4 is 9.47 Å². The third-order valence-corrected chi connectivity index (χ3v) is 6.25. The van der Waals surface area contributed by atoms with Gasteiger partial charge in [0.1, 0.15) is 12.4 Å². The van der Waals surface area contributed by atoms with Gasteiger partial charge in [-0.05, 0) is 49.7 Å². The predicted molar refractivity (Wildman–Crippen MR) is 123 cm³/mol. The molecule has 4 aromatic rings. The Kier molecular flexibility index (Phi) is 4.50. The van der Waals surface area contributed by atoms with Gasteiger partial charge in [-0.15, -0.1) is 0 Å². The van der Waals surface area contributed by atoms with Crippen LogP contribution in [0.1, 0.15) is 22.4 Å². The average Bonchev–Trinajstić information content (AvgIpc) is 3.54. The highest BCUT2D eigenvalue weighted by molar-refractivity contribution is 5.82. The number of rotatable bonds is 3. The van der Waals surface area contributed by atoms with Crippen molar-refractivity contribution in [1.82, 2.24) is 19.2 Å². The van der Waals surface area contributed by atoms with Crippen molar-refractivity contribution in [3.05, 3.63) is 89.4 Å². The largest absolute Gasteiger partial charge is 0.485 e. The van der Waals surface area contributed by atoms with Crippen LogP contribution in [-0.4, -0.2) is 37.9 Å². The van der Waals surface area contributed by atoms with Gasteiger partial charge < -0.3 is 18.9 Å². The van der Waals surface area contributed by atoms with Crippen LogP contribution in [0.15, 0.2) is 67.0 Å². The maximum atomic E-state index is 13.3. The average molecular weight is 441 g/mol. The Hall–Kier alpha value is -4.00. The molecule has 2 aromatic carbocycles. The molecule has 0 radical (unpaired) electrons. The lowest BCUT2D eigenvalue weighted by Crippen LogP contribution is -2.44. The Morgan fingerprint density at radius 2 is 1.79 bits per heavy atom. The molecule has 166 valence electrons. The highest BCUT2D eigenvalue weighted by atomic mass is 16.6. The molecule has 2 aliphatic heterocycles. The van der Waals surface area contributed by atoms with Crippen LogP contribution in [0.25, 0.3) is 11.5 Å². The van der Waals surface area contributed by atoms with Crippen molar-refractivity contribution in [3.63, 3.8) is 0 Å². The molecule has 0 saturated heterocycles. The summed E-state index contributed by atoms with van der Waals surface area (Å²) in [6, 6.07) is 17.8. The first-order valence-corrected chi connectivity index (χ1v) is 11.1.